The number of nitrogens with zero attached hydrogens (tertiary/aromatic N) is 3. The minimum absolute atomic E-state index is 0.536. The van der Waals surface area contributed by atoms with Crippen molar-refractivity contribution in [2.75, 3.05) is 38.6 Å². The molecule has 1 heterocycles. The smallest absolute Gasteiger partial charge is 0.0598 e. The van der Waals surface area contributed by atoms with Gasteiger partial charge in [0.25, 0.3) is 0 Å². The van der Waals surface area contributed by atoms with E-state index in [9.17, 15) is 0 Å². The fourth-order valence-corrected chi connectivity index (χ4v) is 2.11. The molecule has 0 saturated carbocycles. The van der Waals surface area contributed by atoms with E-state index in [4.69, 9.17) is 11.6 Å². The van der Waals surface area contributed by atoms with E-state index in [1.165, 1.54) is 5.69 Å². The summed E-state index contributed by atoms with van der Waals surface area (Å²) in [7, 11) is 4.19. The number of hydrogen-bond acceptors (Lipinski definition) is 3. The van der Waals surface area contributed by atoms with Gasteiger partial charge in [-0.25, -0.2) is 0 Å². The van der Waals surface area contributed by atoms with Gasteiger partial charge in [-0.15, -0.1) is 11.6 Å². The van der Waals surface area contributed by atoms with E-state index in [-0.39, 0.29) is 0 Å². The molecule has 0 fully saturated rings. The summed E-state index contributed by atoms with van der Waals surface area (Å²) < 4.78 is 0. The van der Waals surface area contributed by atoms with Crippen LogP contribution in [0.4, 0.5) is 5.69 Å². The van der Waals surface area contributed by atoms with Gasteiger partial charge in [0.15, 0.2) is 0 Å². The number of rotatable bonds is 7. The maximum absolute atomic E-state index is 6.01. The van der Waals surface area contributed by atoms with Crippen LogP contribution >= 0.6 is 11.6 Å². The predicted molar refractivity (Wildman–Crippen MR) is 79.4 cm³/mol. The zero-order chi connectivity index (χ0) is 13.5. The Balaban J connectivity index is 2.86. The summed E-state index contributed by atoms with van der Waals surface area (Å²) in [6.07, 6.45) is 3.73. The molecule has 18 heavy (non-hydrogen) atoms. The van der Waals surface area contributed by atoms with Gasteiger partial charge in [0, 0.05) is 31.7 Å². The van der Waals surface area contributed by atoms with Crippen LogP contribution in [0.5, 0.6) is 0 Å². The first kappa shape index (κ1) is 15.3. The van der Waals surface area contributed by atoms with Crippen LogP contribution in [0, 0.1) is 5.92 Å². The minimum atomic E-state index is 0.536. The Morgan fingerprint density at radius 3 is 2.56 bits per heavy atom. The van der Waals surface area contributed by atoms with E-state index in [0.29, 0.717) is 11.8 Å². The molecule has 0 radical (unpaired) electrons. The highest BCUT2D eigenvalue weighted by molar-refractivity contribution is 6.17. The zero-order valence-corrected chi connectivity index (χ0v) is 12.6. The van der Waals surface area contributed by atoms with E-state index < -0.39 is 0 Å². The van der Waals surface area contributed by atoms with Gasteiger partial charge in [-0.2, -0.15) is 0 Å². The lowest BCUT2D eigenvalue weighted by Gasteiger charge is -2.29. The highest BCUT2D eigenvalue weighted by Crippen LogP contribution is 2.21. The van der Waals surface area contributed by atoms with Crippen molar-refractivity contribution in [3.63, 3.8) is 0 Å². The number of alkyl halides is 1. The number of aromatic nitrogens is 1. The third kappa shape index (κ3) is 4.83. The molecule has 0 aliphatic rings. The van der Waals surface area contributed by atoms with Gasteiger partial charge in [0.05, 0.1) is 11.9 Å². The second kappa shape index (κ2) is 7.59. The van der Waals surface area contributed by atoms with Crippen molar-refractivity contribution in [1.82, 2.24) is 9.88 Å². The maximum Gasteiger partial charge on any atom is 0.0598 e. The molecule has 1 aromatic heterocycles. The summed E-state index contributed by atoms with van der Waals surface area (Å²) in [5.41, 5.74) is 2.33. The molecule has 0 unspecified atom stereocenters. The van der Waals surface area contributed by atoms with E-state index in [2.05, 4.69) is 42.7 Å². The summed E-state index contributed by atoms with van der Waals surface area (Å²) >= 11 is 6.01. The molecular formula is C14H24ClN3. The first-order valence-corrected chi connectivity index (χ1v) is 6.96. The summed E-state index contributed by atoms with van der Waals surface area (Å²) in [6, 6.07) is 2.01. The van der Waals surface area contributed by atoms with Crippen LogP contribution in [0.15, 0.2) is 18.5 Å². The van der Waals surface area contributed by atoms with Gasteiger partial charge in [-0.1, -0.05) is 13.8 Å². The van der Waals surface area contributed by atoms with Crippen molar-refractivity contribution in [2.45, 2.75) is 19.7 Å². The summed E-state index contributed by atoms with van der Waals surface area (Å²) in [6.45, 7) is 7.53. The molecule has 102 valence electrons. The van der Waals surface area contributed by atoms with Crippen molar-refractivity contribution >= 4 is 17.3 Å². The molecule has 0 N–H and O–H groups in total. The van der Waals surface area contributed by atoms with Crippen molar-refractivity contribution in [3.8, 4) is 0 Å². The summed E-state index contributed by atoms with van der Waals surface area (Å²) in [4.78, 5) is 8.82. The molecule has 0 saturated heterocycles. The Kier molecular flexibility index (Phi) is 6.44. The van der Waals surface area contributed by atoms with E-state index >= 15 is 0 Å². The topological polar surface area (TPSA) is 19.4 Å². The third-order valence-corrected chi connectivity index (χ3v) is 3.06. The molecule has 1 aromatic rings. The largest absolute Gasteiger partial charge is 0.368 e. The molecule has 0 aromatic carbocycles. The van der Waals surface area contributed by atoms with Crippen LogP contribution in [0.1, 0.15) is 19.4 Å². The second-order valence-corrected chi connectivity index (χ2v) is 5.55. The average molecular weight is 270 g/mol. The molecule has 0 amide bonds. The van der Waals surface area contributed by atoms with Gasteiger partial charge in [0.1, 0.15) is 0 Å². The lowest BCUT2D eigenvalue weighted by molar-refractivity contribution is 0.409. The standard InChI is InChI=1S/C14H24ClN3/c1-12(2)11-18(8-7-17(3)4)14-10-16-6-5-13(14)9-15/h5-6,10,12H,7-9,11H2,1-4H3. The molecule has 0 atom stereocenters. The lowest BCUT2D eigenvalue weighted by atomic mass is 10.1. The summed E-state index contributed by atoms with van der Waals surface area (Å²) in [5.74, 6) is 1.16. The number of anilines is 1. The molecule has 0 spiro atoms. The Hall–Kier alpha value is -0.800. The average Bonchev–Trinajstić information content (AvgIpc) is 2.33. The van der Waals surface area contributed by atoms with Gasteiger partial charge >= 0.3 is 0 Å². The Morgan fingerprint density at radius 1 is 1.28 bits per heavy atom. The van der Waals surface area contributed by atoms with E-state index in [0.717, 1.165) is 25.2 Å². The number of hydrogen-bond donors (Lipinski definition) is 0. The molecule has 1 rings (SSSR count). The van der Waals surface area contributed by atoms with Crippen molar-refractivity contribution in [2.24, 2.45) is 5.92 Å². The Morgan fingerprint density at radius 2 is 2.00 bits per heavy atom. The lowest BCUT2D eigenvalue weighted by Crippen LogP contribution is -2.35. The van der Waals surface area contributed by atoms with Crippen LogP contribution in [0.3, 0.4) is 0 Å². The van der Waals surface area contributed by atoms with Gasteiger partial charge in [0.2, 0.25) is 0 Å². The molecule has 0 aliphatic carbocycles. The molecule has 3 nitrogen and oxygen atoms in total. The third-order valence-electron chi connectivity index (χ3n) is 2.77. The van der Waals surface area contributed by atoms with Crippen molar-refractivity contribution in [1.29, 1.82) is 0 Å². The van der Waals surface area contributed by atoms with Crippen LogP contribution in [0.2, 0.25) is 0 Å². The van der Waals surface area contributed by atoms with E-state index in [1.54, 1.807) is 6.20 Å². The Bertz CT molecular complexity index is 353. The quantitative estimate of drug-likeness (QED) is 0.710. The first-order valence-electron chi connectivity index (χ1n) is 6.43. The van der Waals surface area contributed by atoms with Crippen LogP contribution in [0.25, 0.3) is 0 Å². The zero-order valence-electron chi connectivity index (χ0n) is 11.9. The van der Waals surface area contributed by atoms with Gasteiger partial charge in [-0.3, -0.25) is 4.98 Å². The predicted octanol–water partition coefficient (Wildman–Crippen LogP) is 2.84. The van der Waals surface area contributed by atoms with Gasteiger partial charge in [-0.05, 0) is 31.6 Å². The molecule has 0 bridgehead atoms. The number of halogens is 1. The van der Waals surface area contributed by atoms with E-state index in [1.807, 2.05) is 12.3 Å². The first-order chi connectivity index (χ1) is 8.54. The number of likely N-dealkylation sites (N-methyl/N-ethyl adjacent to an activating group) is 1. The Labute approximate surface area is 116 Å². The highest BCUT2D eigenvalue weighted by atomic mass is 35.5. The molecule has 4 heteroatoms. The molecular weight excluding hydrogens is 246 g/mol. The summed E-state index contributed by atoms with van der Waals surface area (Å²) in [5, 5.41) is 0. The van der Waals surface area contributed by atoms with Crippen molar-refractivity contribution < 1.29 is 0 Å². The fourth-order valence-electron chi connectivity index (χ4n) is 1.88. The van der Waals surface area contributed by atoms with Crippen LogP contribution in [-0.2, 0) is 5.88 Å². The fraction of sp³-hybridized carbons (Fsp3) is 0.643. The van der Waals surface area contributed by atoms with Gasteiger partial charge < -0.3 is 9.80 Å². The minimum Gasteiger partial charge on any atom is -0.368 e. The van der Waals surface area contributed by atoms with Crippen molar-refractivity contribution in [3.05, 3.63) is 24.0 Å². The van der Waals surface area contributed by atoms with Crippen LogP contribution in [-0.4, -0.2) is 43.6 Å². The monoisotopic (exact) mass is 269 g/mol. The number of pyridine rings is 1. The van der Waals surface area contributed by atoms with Crippen LogP contribution < -0.4 is 4.90 Å². The SMILES string of the molecule is CC(C)CN(CCN(C)C)c1cnccc1CCl. The second-order valence-electron chi connectivity index (χ2n) is 5.28. The molecule has 0 aliphatic heterocycles. The normalized spacial score (nSPS) is 11.3. The highest BCUT2D eigenvalue weighted by Gasteiger charge is 2.12. The maximum atomic E-state index is 6.01.